The first kappa shape index (κ1) is 28.2. The van der Waals surface area contributed by atoms with Crippen LogP contribution < -0.4 is 15.4 Å². The monoisotopic (exact) mass is 508 g/mol. The van der Waals surface area contributed by atoms with Crippen LogP contribution in [0.15, 0.2) is 42.5 Å². The Morgan fingerprint density at radius 1 is 1.11 bits per heavy atom. The zero-order valence-electron chi connectivity index (χ0n) is 19.4. The topological polar surface area (TPSA) is 165 Å². The maximum absolute atomic E-state index is 13.4. The molecule has 10 nitrogen and oxygen atoms in total. The zero-order valence-corrected chi connectivity index (χ0v) is 19.4. The van der Waals surface area contributed by atoms with Gasteiger partial charge in [-0.25, -0.2) is 18.4 Å². The van der Waals surface area contributed by atoms with Crippen LogP contribution in [0.1, 0.15) is 31.1 Å². The summed E-state index contributed by atoms with van der Waals surface area (Å²) in [7, 11) is 0. The molecule has 36 heavy (non-hydrogen) atoms. The molecule has 0 spiro atoms. The third kappa shape index (κ3) is 8.96. The van der Waals surface area contributed by atoms with Crippen molar-refractivity contribution in [1.82, 2.24) is 5.32 Å². The molecule has 6 N–H and O–H groups in total. The Balaban J connectivity index is 0.000000493. The summed E-state index contributed by atoms with van der Waals surface area (Å²) in [6, 6.07) is 6.07. The predicted octanol–water partition coefficient (Wildman–Crippen LogP) is 2.36. The van der Waals surface area contributed by atoms with Crippen LogP contribution in [0.5, 0.6) is 11.5 Å². The van der Waals surface area contributed by atoms with Gasteiger partial charge in [0.1, 0.15) is 23.1 Å². The number of aromatic hydroxyl groups is 1. The van der Waals surface area contributed by atoms with E-state index in [1.165, 1.54) is 24.3 Å². The summed E-state index contributed by atoms with van der Waals surface area (Å²) < 4.78 is 32.2. The van der Waals surface area contributed by atoms with Crippen molar-refractivity contribution in [1.29, 1.82) is 0 Å². The molecule has 194 valence electrons. The average molecular weight is 508 g/mol. The van der Waals surface area contributed by atoms with Crippen LogP contribution in [0.25, 0.3) is 0 Å². The second kappa shape index (κ2) is 12.1. The molecule has 2 aromatic carbocycles. The fraction of sp³-hybridized carbons (Fsp3) is 0.292. The van der Waals surface area contributed by atoms with E-state index in [9.17, 15) is 33.4 Å². The lowest BCUT2D eigenvalue weighted by Crippen LogP contribution is -2.43. The van der Waals surface area contributed by atoms with Gasteiger partial charge >= 0.3 is 11.9 Å². The Kier molecular flexibility index (Phi) is 9.47. The summed E-state index contributed by atoms with van der Waals surface area (Å²) in [5.74, 6) is -3.96. The van der Waals surface area contributed by atoms with Crippen molar-refractivity contribution < 1.29 is 48.3 Å². The van der Waals surface area contributed by atoms with Gasteiger partial charge in [0.2, 0.25) is 0 Å². The highest BCUT2D eigenvalue weighted by atomic mass is 19.1. The number of phenols is 1. The lowest BCUT2D eigenvalue weighted by atomic mass is 9.94. The Bertz CT molecular complexity index is 1130. The quantitative estimate of drug-likeness (QED) is 0.294. The number of β-amino-alcohol motifs (C(OH)–C–C–N with tert-alkyl or cyclic N) is 1. The largest absolute Gasteiger partial charge is 0.508 e. The van der Waals surface area contributed by atoms with Crippen molar-refractivity contribution in [3.8, 4) is 11.5 Å². The highest BCUT2D eigenvalue weighted by molar-refractivity contribution is 5.96. The van der Waals surface area contributed by atoms with E-state index in [1.807, 2.05) is 13.8 Å². The molecule has 1 atom stereocenters. The van der Waals surface area contributed by atoms with Gasteiger partial charge in [-0.05, 0) is 44.0 Å². The van der Waals surface area contributed by atoms with Gasteiger partial charge in [-0.15, -0.1) is 0 Å². The molecule has 0 saturated heterocycles. The Morgan fingerprint density at radius 2 is 1.69 bits per heavy atom. The number of carbonyl (C=O) groups is 3. The van der Waals surface area contributed by atoms with Crippen molar-refractivity contribution in [3.63, 3.8) is 0 Å². The normalized spacial score (nSPS) is 13.6. The molecular formula is C24H26F2N2O8. The van der Waals surface area contributed by atoms with Crippen molar-refractivity contribution in [3.05, 3.63) is 65.2 Å². The number of carboxylic acids is 2. The average Bonchev–Trinajstić information content (AvgIpc) is 2.74. The molecule has 1 amide bonds. The van der Waals surface area contributed by atoms with Crippen LogP contribution in [0.4, 0.5) is 14.5 Å². The molecule has 3 rings (SSSR count). The van der Waals surface area contributed by atoms with Crippen molar-refractivity contribution in [2.24, 2.45) is 0 Å². The Hall–Kier alpha value is -4.03. The fourth-order valence-electron chi connectivity index (χ4n) is 3.37. The van der Waals surface area contributed by atoms with E-state index in [0.717, 1.165) is 6.07 Å². The van der Waals surface area contributed by atoms with E-state index in [1.54, 1.807) is 0 Å². The molecule has 0 aromatic heterocycles. The number of aliphatic hydroxyl groups excluding tert-OH is 1. The first-order chi connectivity index (χ1) is 16.8. The molecule has 1 aliphatic heterocycles. The number of benzene rings is 2. The number of hydrogen-bond donors (Lipinski definition) is 6. The number of fused-ring (bicyclic) bond motifs is 1. The van der Waals surface area contributed by atoms with Crippen LogP contribution in [-0.4, -0.2) is 57.0 Å². The van der Waals surface area contributed by atoms with E-state index in [0.29, 0.717) is 41.1 Å². The summed E-state index contributed by atoms with van der Waals surface area (Å²) in [5, 5.41) is 41.8. The zero-order chi connectivity index (χ0) is 27.0. The molecule has 12 heteroatoms. The maximum Gasteiger partial charge on any atom is 0.328 e. The number of carboxylic acid groups (broad SMARTS) is 2. The molecule has 1 heterocycles. The first-order valence-corrected chi connectivity index (χ1v) is 10.6. The van der Waals surface area contributed by atoms with Crippen LogP contribution in [0, 0.1) is 11.6 Å². The molecule has 0 radical (unpaired) electrons. The third-order valence-corrected chi connectivity index (χ3v) is 4.79. The molecule has 0 saturated carbocycles. The number of ether oxygens (including phenoxy) is 1. The SMILES string of the molecule is CC(C)(Cc1cc(F)cc(F)c1)NC[C@H](O)c1cc(O)cc2c1OCC(=O)N2.O=C(O)/C=C/C(=O)O. The number of amides is 1. The highest BCUT2D eigenvalue weighted by Gasteiger charge is 2.26. The van der Waals surface area contributed by atoms with Gasteiger partial charge in [0.25, 0.3) is 5.91 Å². The summed E-state index contributed by atoms with van der Waals surface area (Å²) in [6.07, 6.45) is 0.406. The van der Waals surface area contributed by atoms with Gasteiger partial charge < -0.3 is 35.8 Å². The van der Waals surface area contributed by atoms with Gasteiger partial charge in [0.15, 0.2) is 6.61 Å². The number of aliphatic carboxylic acids is 2. The number of aliphatic hydroxyl groups is 1. The molecule has 0 fully saturated rings. The van der Waals surface area contributed by atoms with Gasteiger partial charge in [-0.2, -0.15) is 0 Å². The lowest BCUT2D eigenvalue weighted by Gasteiger charge is -2.29. The molecule has 2 aromatic rings. The minimum Gasteiger partial charge on any atom is -0.508 e. The molecule has 0 aliphatic carbocycles. The Labute approximate surface area is 204 Å². The van der Waals surface area contributed by atoms with E-state index in [4.69, 9.17) is 14.9 Å². The maximum atomic E-state index is 13.4. The number of nitrogens with one attached hydrogen (secondary N) is 2. The van der Waals surface area contributed by atoms with E-state index >= 15 is 0 Å². The van der Waals surface area contributed by atoms with Gasteiger partial charge in [-0.1, -0.05) is 0 Å². The number of phenolic OH excluding ortho intramolecular Hbond substituents is 1. The molecule has 0 bridgehead atoms. The van der Waals surface area contributed by atoms with Crippen LogP contribution in [0.2, 0.25) is 0 Å². The van der Waals surface area contributed by atoms with Gasteiger partial charge in [-0.3, -0.25) is 4.79 Å². The second-order valence-electron chi connectivity index (χ2n) is 8.49. The summed E-state index contributed by atoms with van der Waals surface area (Å²) in [4.78, 5) is 30.6. The third-order valence-electron chi connectivity index (χ3n) is 4.79. The van der Waals surface area contributed by atoms with E-state index in [-0.39, 0.29) is 24.8 Å². The Morgan fingerprint density at radius 3 is 2.25 bits per heavy atom. The van der Waals surface area contributed by atoms with E-state index in [2.05, 4.69) is 10.6 Å². The minimum absolute atomic E-state index is 0.0952. The van der Waals surface area contributed by atoms with Crippen molar-refractivity contribution in [2.45, 2.75) is 31.9 Å². The van der Waals surface area contributed by atoms with Crippen molar-refractivity contribution >= 4 is 23.5 Å². The predicted molar refractivity (Wildman–Crippen MR) is 124 cm³/mol. The van der Waals surface area contributed by atoms with Crippen LogP contribution >= 0.6 is 0 Å². The lowest BCUT2D eigenvalue weighted by molar-refractivity contribution is -0.134. The van der Waals surface area contributed by atoms with Gasteiger partial charge in [0.05, 0.1) is 11.8 Å². The minimum atomic E-state index is -1.26. The van der Waals surface area contributed by atoms with Gasteiger partial charge in [0, 0.05) is 41.9 Å². The van der Waals surface area contributed by atoms with Crippen molar-refractivity contribution in [2.75, 3.05) is 18.5 Å². The molecule has 1 aliphatic rings. The fourth-order valence-corrected chi connectivity index (χ4v) is 3.37. The highest BCUT2D eigenvalue weighted by Crippen LogP contribution is 2.38. The number of carbonyl (C=O) groups excluding carboxylic acids is 1. The smallest absolute Gasteiger partial charge is 0.328 e. The standard InChI is InChI=1S/C20H22F2N2O4.C4H4O4/c1-20(2,8-11-3-12(21)5-13(22)4-11)23-9-17(26)15-6-14(25)7-16-19(15)28-10-18(27)24-16;5-3(6)1-2-4(7)8/h3-7,17,23,25-26H,8-10H2,1-2H3,(H,24,27);1-2H,(H,5,6)(H,7,8)/b;2-1+/t17-;/m0./s1. The number of hydrogen-bond acceptors (Lipinski definition) is 7. The number of anilines is 1. The van der Waals surface area contributed by atoms with Crippen LogP contribution in [-0.2, 0) is 20.8 Å². The summed E-state index contributed by atoms with van der Waals surface area (Å²) >= 11 is 0. The first-order valence-electron chi connectivity index (χ1n) is 10.6. The van der Waals surface area contributed by atoms with E-state index < -0.39 is 35.2 Å². The number of halogens is 2. The summed E-state index contributed by atoms with van der Waals surface area (Å²) in [5.41, 5.74) is 0.535. The number of rotatable bonds is 8. The van der Waals surface area contributed by atoms with Crippen LogP contribution in [0.3, 0.4) is 0 Å². The molecular weight excluding hydrogens is 482 g/mol. The molecule has 0 unspecified atom stereocenters. The summed E-state index contributed by atoms with van der Waals surface area (Å²) in [6.45, 7) is 3.61. The second-order valence-corrected chi connectivity index (χ2v) is 8.49.